The van der Waals surface area contributed by atoms with Gasteiger partial charge in [-0.15, -0.1) is 0 Å². The zero-order chi connectivity index (χ0) is 26.7. The van der Waals surface area contributed by atoms with Crippen molar-refractivity contribution in [1.29, 1.82) is 0 Å². The zero-order valence-electron chi connectivity index (χ0n) is 20.0. The van der Waals surface area contributed by atoms with Crippen molar-refractivity contribution >= 4 is 11.9 Å². The lowest BCUT2D eigenvalue weighted by atomic mass is 9.86. The van der Waals surface area contributed by atoms with Crippen molar-refractivity contribution in [2.24, 2.45) is 0 Å². The van der Waals surface area contributed by atoms with Crippen LogP contribution in [0.15, 0.2) is 23.0 Å². The molecule has 1 aromatic carbocycles. The lowest BCUT2D eigenvalue weighted by Gasteiger charge is -2.39. The summed E-state index contributed by atoms with van der Waals surface area (Å²) in [6.45, 7) is 5.94. The third kappa shape index (κ3) is 6.28. The first-order chi connectivity index (χ1) is 16.8. The molecule has 1 amide bonds. The Bertz CT molecular complexity index is 1180. The first-order valence-electron chi connectivity index (χ1n) is 11.5. The Kier molecular flexibility index (Phi) is 8.17. The van der Waals surface area contributed by atoms with E-state index < -0.39 is 18.0 Å². The van der Waals surface area contributed by atoms with Crippen LogP contribution in [0, 0.1) is 19.7 Å². The summed E-state index contributed by atoms with van der Waals surface area (Å²) in [5.41, 5.74) is 3.02. The van der Waals surface area contributed by atoms with Gasteiger partial charge in [0, 0.05) is 30.6 Å². The number of halogens is 4. The van der Waals surface area contributed by atoms with Gasteiger partial charge in [0.25, 0.3) is 11.5 Å². The van der Waals surface area contributed by atoms with Crippen molar-refractivity contribution < 1.29 is 32.3 Å². The minimum Gasteiger partial charge on any atom is -0.475 e. The molecule has 36 heavy (non-hydrogen) atoms. The number of aromatic amines is 1. The summed E-state index contributed by atoms with van der Waals surface area (Å²) in [6.07, 6.45) is -0.483. The van der Waals surface area contributed by atoms with Crippen LogP contribution in [-0.4, -0.2) is 63.4 Å². The number of carbonyl (C=O) groups is 2. The number of alkyl halides is 3. The molecule has 0 aliphatic carbocycles. The molecule has 3 heterocycles. The van der Waals surface area contributed by atoms with E-state index in [1.54, 1.807) is 24.0 Å². The van der Waals surface area contributed by atoms with Gasteiger partial charge >= 0.3 is 12.1 Å². The molecule has 1 aromatic heterocycles. The molecule has 0 saturated carbocycles. The predicted octanol–water partition coefficient (Wildman–Crippen LogP) is 3.11. The number of benzene rings is 1. The highest BCUT2D eigenvalue weighted by Gasteiger charge is 2.39. The number of carbonyl (C=O) groups excluding carboxylic acids is 1. The fourth-order valence-corrected chi connectivity index (χ4v) is 4.49. The molecule has 196 valence electrons. The maximum Gasteiger partial charge on any atom is 0.490 e. The van der Waals surface area contributed by atoms with E-state index in [2.05, 4.69) is 15.5 Å². The number of hydrogen-bond donors (Lipinski definition) is 3. The maximum atomic E-state index is 14.5. The van der Waals surface area contributed by atoms with Gasteiger partial charge in [0.15, 0.2) is 0 Å². The molecule has 2 aliphatic rings. The summed E-state index contributed by atoms with van der Waals surface area (Å²) in [5, 5.41) is 17.3. The minimum absolute atomic E-state index is 0.108. The molecule has 0 radical (unpaired) electrons. The Morgan fingerprint density at radius 3 is 2.33 bits per heavy atom. The van der Waals surface area contributed by atoms with E-state index in [-0.39, 0.29) is 22.6 Å². The monoisotopic (exact) mass is 512 g/mol. The van der Waals surface area contributed by atoms with Crippen LogP contribution in [0.1, 0.15) is 58.4 Å². The number of aromatic nitrogens is 2. The van der Waals surface area contributed by atoms with E-state index in [1.807, 2.05) is 6.92 Å². The second-order valence-corrected chi connectivity index (χ2v) is 9.15. The van der Waals surface area contributed by atoms with Crippen LogP contribution >= 0.6 is 0 Å². The summed E-state index contributed by atoms with van der Waals surface area (Å²) in [7, 11) is 0. The van der Waals surface area contributed by atoms with Crippen LogP contribution in [0.2, 0.25) is 0 Å². The Morgan fingerprint density at radius 1 is 1.14 bits per heavy atom. The molecule has 2 fully saturated rings. The summed E-state index contributed by atoms with van der Waals surface area (Å²) in [6, 6.07) is 4.64. The Hall–Kier alpha value is -3.28. The average molecular weight is 513 g/mol. The van der Waals surface area contributed by atoms with Gasteiger partial charge in [0.2, 0.25) is 0 Å². The minimum atomic E-state index is -5.08. The summed E-state index contributed by atoms with van der Waals surface area (Å²) < 4.78 is 46.2. The first-order valence-corrected chi connectivity index (χ1v) is 11.5. The van der Waals surface area contributed by atoms with Gasteiger partial charge in [0.1, 0.15) is 5.82 Å². The number of likely N-dealkylation sites (tertiary alicyclic amines) is 1. The molecule has 0 unspecified atom stereocenters. The van der Waals surface area contributed by atoms with Crippen LogP contribution in [0.25, 0.3) is 0 Å². The number of aliphatic carboxylic acids is 1. The lowest BCUT2D eigenvalue weighted by molar-refractivity contribution is -0.192. The van der Waals surface area contributed by atoms with Gasteiger partial charge in [-0.1, -0.05) is 6.07 Å². The topological polar surface area (TPSA) is 115 Å². The van der Waals surface area contributed by atoms with Crippen molar-refractivity contribution in [3.63, 3.8) is 0 Å². The summed E-state index contributed by atoms with van der Waals surface area (Å²) in [4.78, 5) is 35.3. The van der Waals surface area contributed by atoms with Crippen LogP contribution in [-0.2, 0) is 11.2 Å². The number of piperidine rings is 1. The molecule has 2 aliphatic heterocycles. The molecule has 2 aromatic rings. The largest absolute Gasteiger partial charge is 0.490 e. The maximum absolute atomic E-state index is 14.5. The Balaban J connectivity index is 0.000000454. The molecular formula is C24H28F4N4O4. The van der Waals surface area contributed by atoms with Gasteiger partial charge in [-0.3, -0.25) is 9.59 Å². The Labute approximate surface area is 204 Å². The molecule has 3 N–H and O–H groups in total. The molecule has 2 saturated heterocycles. The quantitative estimate of drug-likeness (QED) is 0.545. The van der Waals surface area contributed by atoms with E-state index in [0.717, 1.165) is 42.6 Å². The van der Waals surface area contributed by atoms with Gasteiger partial charge < -0.3 is 15.3 Å². The highest BCUT2D eigenvalue weighted by molar-refractivity contribution is 5.94. The normalized spacial score (nSPS) is 17.0. The summed E-state index contributed by atoms with van der Waals surface area (Å²) >= 11 is 0. The van der Waals surface area contributed by atoms with Crippen LogP contribution in [0.5, 0.6) is 0 Å². The van der Waals surface area contributed by atoms with Gasteiger partial charge in [-0.2, -0.15) is 18.3 Å². The highest BCUT2D eigenvalue weighted by Crippen LogP contribution is 2.31. The molecule has 4 rings (SSSR count). The average Bonchev–Trinajstić information content (AvgIpc) is 3.28. The second kappa shape index (κ2) is 10.8. The van der Waals surface area contributed by atoms with E-state index in [4.69, 9.17) is 9.90 Å². The van der Waals surface area contributed by atoms with Gasteiger partial charge in [-0.25, -0.2) is 14.3 Å². The number of carboxylic acids is 1. The number of amides is 1. The number of rotatable bonds is 3. The second-order valence-electron chi connectivity index (χ2n) is 9.15. The third-order valence-electron chi connectivity index (χ3n) is 6.84. The Morgan fingerprint density at radius 2 is 1.78 bits per heavy atom. The van der Waals surface area contributed by atoms with Crippen molar-refractivity contribution in [3.05, 3.63) is 62.3 Å². The van der Waals surface area contributed by atoms with Gasteiger partial charge in [-0.05, 0) is 69.3 Å². The third-order valence-corrected chi connectivity index (χ3v) is 6.84. The number of nitrogens with one attached hydrogen (secondary N) is 2. The van der Waals surface area contributed by atoms with Crippen LogP contribution in [0.3, 0.4) is 0 Å². The molecular weight excluding hydrogens is 484 g/mol. The van der Waals surface area contributed by atoms with Crippen molar-refractivity contribution in [2.75, 3.05) is 19.6 Å². The zero-order valence-corrected chi connectivity index (χ0v) is 20.0. The van der Waals surface area contributed by atoms with Crippen molar-refractivity contribution in [2.45, 2.75) is 57.7 Å². The fourth-order valence-electron chi connectivity index (χ4n) is 4.49. The molecule has 0 atom stereocenters. The predicted molar refractivity (Wildman–Crippen MR) is 122 cm³/mol. The molecule has 8 nitrogen and oxygen atoms in total. The van der Waals surface area contributed by atoms with Crippen LogP contribution < -0.4 is 10.9 Å². The number of carboxylic acid groups (broad SMARTS) is 1. The highest BCUT2D eigenvalue weighted by atomic mass is 19.4. The fraction of sp³-hybridized carbons (Fsp3) is 0.500. The van der Waals surface area contributed by atoms with Crippen LogP contribution in [0.4, 0.5) is 17.6 Å². The number of nitrogens with zero attached hydrogens (tertiary/aromatic N) is 2. The van der Waals surface area contributed by atoms with E-state index >= 15 is 0 Å². The smallest absolute Gasteiger partial charge is 0.475 e. The molecule has 0 bridgehead atoms. The summed E-state index contributed by atoms with van der Waals surface area (Å²) in [5.74, 6) is -3.51. The number of H-pyrrole nitrogens is 1. The standard InChI is InChI=1S/C22H27FN4O2.C2HF3O2/c1-14-15(2)20(28)26-25-19(14)13-16-4-5-18(23)17(12-16)21(29)27-10-7-22(8-11-27)6-3-9-24-22;3-2(4,5)1(6)7/h4-5,12,24H,3,6-11,13H2,1-2H3,(H,26,28);(H,6,7). The van der Waals surface area contributed by atoms with Gasteiger partial charge in [0.05, 0.1) is 11.3 Å². The first kappa shape index (κ1) is 27.3. The van der Waals surface area contributed by atoms with E-state index in [0.29, 0.717) is 25.1 Å². The SMILES string of the molecule is Cc1c(Cc2ccc(F)c(C(=O)N3CCC4(CCCN4)CC3)c2)n[nH]c(=O)c1C.O=C(O)C(F)(F)F. The van der Waals surface area contributed by atoms with E-state index in [1.165, 1.54) is 12.5 Å². The molecule has 1 spiro atoms. The number of hydrogen-bond acceptors (Lipinski definition) is 5. The van der Waals surface area contributed by atoms with Crippen molar-refractivity contribution in [1.82, 2.24) is 20.4 Å². The van der Waals surface area contributed by atoms with E-state index in [9.17, 15) is 27.2 Å². The molecule has 12 heteroatoms. The lowest BCUT2D eigenvalue weighted by Crippen LogP contribution is -2.51. The van der Waals surface area contributed by atoms with Crippen molar-refractivity contribution in [3.8, 4) is 0 Å².